The van der Waals surface area contributed by atoms with Gasteiger partial charge in [-0.25, -0.2) is 0 Å². The number of rotatable bonds is 5. The van der Waals surface area contributed by atoms with Gasteiger partial charge in [0.05, 0.1) is 12.3 Å². The second-order valence-corrected chi connectivity index (χ2v) is 8.87. The minimum atomic E-state index is -0.00678. The van der Waals surface area contributed by atoms with Crippen molar-refractivity contribution in [1.82, 2.24) is 20.0 Å². The predicted molar refractivity (Wildman–Crippen MR) is 117 cm³/mol. The number of likely N-dealkylation sites (tertiary alicyclic amines) is 1. The number of pyridine rings is 1. The molecule has 1 saturated heterocycles. The highest BCUT2D eigenvalue weighted by atomic mass is 16.5. The lowest BCUT2D eigenvalue weighted by Crippen LogP contribution is -2.30. The molecule has 2 aromatic heterocycles. The maximum Gasteiger partial charge on any atom is 0.232 e. The fraction of sp³-hybridized carbons (Fsp3) is 0.440. The van der Waals surface area contributed by atoms with E-state index in [1.165, 1.54) is 12.8 Å². The van der Waals surface area contributed by atoms with E-state index in [1.54, 1.807) is 6.20 Å². The number of aryl methyl sites for hydroxylation is 1. The zero-order valence-electron chi connectivity index (χ0n) is 17.9. The number of aromatic nitrogens is 3. The average molecular weight is 417 g/mol. The number of benzene rings is 1. The van der Waals surface area contributed by atoms with E-state index in [4.69, 9.17) is 9.51 Å². The fourth-order valence-electron chi connectivity index (χ4n) is 5.02. The number of carbonyl (C=O) groups is 1. The third kappa shape index (κ3) is 4.11. The minimum absolute atomic E-state index is 0.00678. The fourth-order valence-corrected chi connectivity index (χ4v) is 5.02. The molecule has 3 aromatic rings. The predicted octanol–water partition coefficient (Wildman–Crippen LogP) is 4.38. The molecule has 0 spiro atoms. The van der Waals surface area contributed by atoms with Crippen LogP contribution in [0.25, 0.3) is 0 Å². The molecule has 1 aromatic carbocycles. The maximum atomic E-state index is 13.2. The Kier molecular flexibility index (Phi) is 5.53. The van der Waals surface area contributed by atoms with E-state index >= 15 is 0 Å². The Morgan fingerprint density at radius 3 is 2.68 bits per heavy atom. The Hall–Kier alpha value is -3.02. The van der Waals surface area contributed by atoms with Crippen molar-refractivity contribution in [3.63, 3.8) is 0 Å². The van der Waals surface area contributed by atoms with E-state index in [0.29, 0.717) is 31.3 Å². The van der Waals surface area contributed by atoms with E-state index in [0.717, 1.165) is 35.4 Å². The third-order valence-electron chi connectivity index (χ3n) is 6.88. The Balaban J connectivity index is 1.39. The first-order valence-corrected chi connectivity index (χ1v) is 11.2. The lowest BCUT2D eigenvalue weighted by molar-refractivity contribution is -0.129. The van der Waals surface area contributed by atoms with Crippen LogP contribution in [0.3, 0.4) is 0 Å². The zero-order valence-corrected chi connectivity index (χ0v) is 17.9. The van der Waals surface area contributed by atoms with Crippen molar-refractivity contribution in [2.45, 2.75) is 56.8 Å². The molecule has 1 aliphatic carbocycles. The van der Waals surface area contributed by atoms with E-state index in [2.05, 4.69) is 29.2 Å². The molecule has 5 rings (SSSR count). The van der Waals surface area contributed by atoms with Crippen molar-refractivity contribution in [2.24, 2.45) is 0 Å². The highest BCUT2D eigenvalue weighted by Gasteiger charge is 2.40. The molecule has 2 fully saturated rings. The van der Waals surface area contributed by atoms with Crippen molar-refractivity contribution in [3.8, 4) is 0 Å². The summed E-state index contributed by atoms with van der Waals surface area (Å²) >= 11 is 0. The summed E-state index contributed by atoms with van der Waals surface area (Å²) in [6.45, 7) is 3.29. The Bertz CT molecular complexity index is 1040. The first kappa shape index (κ1) is 19.9. The summed E-state index contributed by atoms with van der Waals surface area (Å²) in [5, 5.41) is 4.31. The molecular formula is C25H28N4O2. The molecule has 0 N–H and O–H groups in total. The van der Waals surface area contributed by atoms with Gasteiger partial charge < -0.3 is 9.42 Å². The van der Waals surface area contributed by atoms with Crippen LogP contribution in [0, 0.1) is 6.92 Å². The van der Waals surface area contributed by atoms with Gasteiger partial charge in [-0.15, -0.1) is 0 Å². The van der Waals surface area contributed by atoms with Crippen LogP contribution in [0.5, 0.6) is 0 Å². The largest absolute Gasteiger partial charge is 0.341 e. The summed E-state index contributed by atoms with van der Waals surface area (Å²) < 4.78 is 5.76. The van der Waals surface area contributed by atoms with Crippen LogP contribution in [-0.4, -0.2) is 39.0 Å². The molecule has 6 nitrogen and oxygen atoms in total. The first-order valence-electron chi connectivity index (χ1n) is 11.2. The van der Waals surface area contributed by atoms with Crippen molar-refractivity contribution in [3.05, 3.63) is 77.2 Å². The summed E-state index contributed by atoms with van der Waals surface area (Å²) in [5.41, 5.74) is 3.34. The Morgan fingerprint density at radius 2 is 1.90 bits per heavy atom. The molecule has 160 valence electrons. The SMILES string of the molecule is Cc1ccccc1CC(=O)N1C[C@@H](c2cccnc2)[C@H](c2nc(C3CCCC3)no2)C1. The second kappa shape index (κ2) is 8.61. The topological polar surface area (TPSA) is 72.1 Å². The van der Waals surface area contributed by atoms with Crippen LogP contribution >= 0.6 is 0 Å². The van der Waals surface area contributed by atoms with Crippen molar-refractivity contribution >= 4 is 5.91 Å². The number of hydrogen-bond donors (Lipinski definition) is 0. The van der Waals surface area contributed by atoms with Gasteiger partial charge in [-0.3, -0.25) is 9.78 Å². The summed E-state index contributed by atoms with van der Waals surface area (Å²) in [5.74, 6) is 2.14. The number of amides is 1. The van der Waals surface area contributed by atoms with Crippen LogP contribution in [-0.2, 0) is 11.2 Å². The van der Waals surface area contributed by atoms with E-state index in [-0.39, 0.29) is 17.7 Å². The van der Waals surface area contributed by atoms with Gasteiger partial charge in [-0.2, -0.15) is 4.98 Å². The van der Waals surface area contributed by atoms with Gasteiger partial charge >= 0.3 is 0 Å². The van der Waals surface area contributed by atoms with Crippen LogP contribution < -0.4 is 0 Å². The monoisotopic (exact) mass is 416 g/mol. The normalized spacial score (nSPS) is 21.6. The molecule has 0 radical (unpaired) electrons. The standard InChI is InChI=1S/C25H28N4O2/c1-17-7-2-3-10-19(17)13-23(30)29-15-21(20-11-6-12-26-14-20)22(16-29)25-27-24(28-31-25)18-8-4-5-9-18/h2-3,6-7,10-12,14,18,21-22H,4-5,8-9,13,15-16H2,1H3/t21-,22+/m0/s1. The average Bonchev–Trinajstić information content (AvgIpc) is 3.55. The Labute approximate surface area is 182 Å². The molecular weight excluding hydrogens is 388 g/mol. The van der Waals surface area contributed by atoms with E-state index in [9.17, 15) is 4.79 Å². The van der Waals surface area contributed by atoms with Crippen molar-refractivity contribution in [2.75, 3.05) is 13.1 Å². The van der Waals surface area contributed by atoms with E-state index in [1.807, 2.05) is 35.4 Å². The number of carbonyl (C=O) groups excluding carboxylic acids is 1. The summed E-state index contributed by atoms with van der Waals surface area (Å²) in [6.07, 6.45) is 8.82. The molecule has 1 amide bonds. The van der Waals surface area contributed by atoms with Gasteiger partial charge in [-0.05, 0) is 42.5 Å². The molecule has 0 unspecified atom stereocenters. The molecule has 1 aliphatic heterocycles. The lowest BCUT2D eigenvalue weighted by atomic mass is 9.90. The molecule has 31 heavy (non-hydrogen) atoms. The molecule has 6 heteroatoms. The van der Waals surface area contributed by atoms with Gasteiger partial charge in [0.15, 0.2) is 5.82 Å². The summed E-state index contributed by atoms with van der Waals surface area (Å²) in [6, 6.07) is 12.1. The van der Waals surface area contributed by atoms with Crippen LogP contribution in [0.4, 0.5) is 0 Å². The minimum Gasteiger partial charge on any atom is -0.341 e. The van der Waals surface area contributed by atoms with Crippen LogP contribution in [0.1, 0.15) is 71.8 Å². The van der Waals surface area contributed by atoms with Gasteiger partial charge in [0, 0.05) is 37.3 Å². The van der Waals surface area contributed by atoms with Gasteiger partial charge in [0.25, 0.3) is 0 Å². The van der Waals surface area contributed by atoms with Crippen LogP contribution in [0.15, 0.2) is 53.3 Å². The lowest BCUT2D eigenvalue weighted by Gasteiger charge is -2.17. The summed E-state index contributed by atoms with van der Waals surface area (Å²) in [7, 11) is 0. The van der Waals surface area contributed by atoms with Gasteiger partial charge in [0.1, 0.15) is 0 Å². The van der Waals surface area contributed by atoms with Crippen molar-refractivity contribution in [1.29, 1.82) is 0 Å². The number of hydrogen-bond acceptors (Lipinski definition) is 5. The molecule has 1 saturated carbocycles. The smallest absolute Gasteiger partial charge is 0.232 e. The molecule has 2 atom stereocenters. The maximum absolute atomic E-state index is 13.2. The Morgan fingerprint density at radius 1 is 1.10 bits per heavy atom. The van der Waals surface area contributed by atoms with Gasteiger partial charge in [0.2, 0.25) is 11.8 Å². The quantitative estimate of drug-likeness (QED) is 0.617. The summed E-state index contributed by atoms with van der Waals surface area (Å²) in [4.78, 5) is 24.2. The highest BCUT2D eigenvalue weighted by Crippen LogP contribution is 2.40. The zero-order chi connectivity index (χ0) is 21.2. The molecule has 2 aliphatic rings. The number of nitrogens with zero attached hydrogens (tertiary/aromatic N) is 4. The highest BCUT2D eigenvalue weighted by molar-refractivity contribution is 5.79. The third-order valence-corrected chi connectivity index (χ3v) is 6.88. The second-order valence-electron chi connectivity index (χ2n) is 8.87. The first-order chi connectivity index (χ1) is 15.2. The van der Waals surface area contributed by atoms with Crippen LogP contribution in [0.2, 0.25) is 0 Å². The van der Waals surface area contributed by atoms with Gasteiger partial charge in [-0.1, -0.05) is 48.3 Å². The van der Waals surface area contributed by atoms with E-state index < -0.39 is 0 Å². The molecule has 3 heterocycles. The van der Waals surface area contributed by atoms with Crippen molar-refractivity contribution < 1.29 is 9.32 Å². The molecule has 0 bridgehead atoms.